The highest BCUT2D eigenvalue weighted by Gasteiger charge is 2.04. The summed E-state index contributed by atoms with van der Waals surface area (Å²) in [5, 5.41) is 13.8. The summed E-state index contributed by atoms with van der Waals surface area (Å²) in [4.78, 5) is 1.32. The van der Waals surface area contributed by atoms with Gasteiger partial charge in [0.05, 0.1) is 0 Å². The van der Waals surface area contributed by atoms with Crippen LogP contribution in [-0.4, -0.2) is 5.11 Å². The number of hydrogen-bond donors (Lipinski definition) is 1. The minimum atomic E-state index is 0.317. The van der Waals surface area contributed by atoms with E-state index in [0.717, 1.165) is 10.8 Å². The van der Waals surface area contributed by atoms with Gasteiger partial charge in [0, 0.05) is 4.88 Å². The number of benzene rings is 2. The summed E-state index contributed by atoms with van der Waals surface area (Å²) >= 11 is 1.76. The molecule has 0 bridgehead atoms. The molecule has 0 aliphatic rings. The van der Waals surface area contributed by atoms with Gasteiger partial charge >= 0.3 is 0 Å². The largest absolute Gasteiger partial charge is 0.508 e. The molecular formula is C15H12OS. The fourth-order valence-corrected chi connectivity index (χ4v) is 2.97. The van der Waals surface area contributed by atoms with Gasteiger partial charge < -0.3 is 5.11 Å². The van der Waals surface area contributed by atoms with Crippen molar-refractivity contribution in [1.82, 2.24) is 0 Å². The van der Waals surface area contributed by atoms with Crippen molar-refractivity contribution in [3.8, 4) is 16.2 Å². The predicted octanol–water partition coefficient (Wildman–Crippen LogP) is 4.58. The summed E-state index contributed by atoms with van der Waals surface area (Å²) < 4.78 is 0. The minimum absolute atomic E-state index is 0.317. The van der Waals surface area contributed by atoms with Crippen molar-refractivity contribution in [2.45, 2.75) is 6.92 Å². The van der Waals surface area contributed by atoms with E-state index >= 15 is 0 Å². The summed E-state index contributed by atoms with van der Waals surface area (Å²) in [5.74, 6) is 0.317. The van der Waals surface area contributed by atoms with Gasteiger partial charge in [0.2, 0.25) is 0 Å². The maximum Gasteiger partial charge on any atom is 0.116 e. The van der Waals surface area contributed by atoms with Crippen LogP contribution in [0.3, 0.4) is 0 Å². The number of aromatic hydroxyl groups is 1. The molecule has 84 valence electrons. The van der Waals surface area contributed by atoms with Crippen LogP contribution in [0.4, 0.5) is 0 Å². The lowest BCUT2D eigenvalue weighted by atomic mass is 10.0. The number of hydrogen-bond acceptors (Lipinski definition) is 2. The summed E-state index contributed by atoms with van der Waals surface area (Å²) in [5.41, 5.74) is 2.56. The summed E-state index contributed by atoms with van der Waals surface area (Å²) in [6, 6.07) is 14.0. The van der Waals surface area contributed by atoms with Gasteiger partial charge in [-0.2, -0.15) is 0 Å². The first-order valence-corrected chi connectivity index (χ1v) is 6.39. The summed E-state index contributed by atoms with van der Waals surface area (Å²) in [6.07, 6.45) is 0. The topological polar surface area (TPSA) is 20.2 Å². The molecule has 0 unspecified atom stereocenters. The maximum atomic E-state index is 9.43. The number of thiophene rings is 1. The lowest BCUT2D eigenvalue weighted by Crippen LogP contribution is -1.78. The molecule has 17 heavy (non-hydrogen) atoms. The molecule has 2 heteroatoms. The molecule has 1 nitrogen and oxygen atoms in total. The quantitative estimate of drug-likeness (QED) is 0.660. The average molecular weight is 240 g/mol. The normalized spacial score (nSPS) is 10.9. The van der Waals surface area contributed by atoms with Crippen LogP contribution in [0, 0.1) is 6.92 Å². The summed E-state index contributed by atoms with van der Waals surface area (Å²) in [7, 11) is 0. The molecule has 2 aromatic carbocycles. The Kier molecular flexibility index (Phi) is 2.37. The number of aryl methyl sites for hydroxylation is 1. The van der Waals surface area contributed by atoms with Crippen LogP contribution in [0.5, 0.6) is 5.75 Å². The van der Waals surface area contributed by atoms with E-state index in [9.17, 15) is 5.11 Å². The first kappa shape index (κ1) is 10.4. The smallest absolute Gasteiger partial charge is 0.116 e. The molecule has 1 aromatic heterocycles. The number of fused-ring (bicyclic) bond motifs is 1. The van der Waals surface area contributed by atoms with E-state index in [4.69, 9.17) is 0 Å². The van der Waals surface area contributed by atoms with E-state index < -0.39 is 0 Å². The molecule has 0 radical (unpaired) electrons. The molecule has 3 aromatic rings. The standard InChI is InChI=1S/C15H12OS/c1-10-6-7-17-15(10)13-3-2-12-9-14(16)5-4-11(12)8-13/h2-9,16H,1H3. The van der Waals surface area contributed by atoms with E-state index in [-0.39, 0.29) is 0 Å². The van der Waals surface area contributed by atoms with Gasteiger partial charge in [-0.3, -0.25) is 0 Å². The Morgan fingerprint density at radius 3 is 2.47 bits per heavy atom. The van der Waals surface area contributed by atoms with Gasteiger partial charge in [0.1, 0.15) is 5.75 Å². The van der Waals surface area contributed by atoms with Crippen molar-refractivity contribution in [3.63, 3.8) is 0 Å². The lowest BCUT2D eigenvalue weighted by molar-refractivity contribution is 0.476. The number of phenols is 1. The second-order valence-corrected chi connectivity index (χ2v) is 5.10. The Bertz CT molecular complexity index is 682. The minimum Gasteiger partial charge on any atom is -0.508 e. The van der Waals surface area contributed by atoms with E-state index in [0.29, 0.717) is 5.75 Å². The van der Waals surface area contributed by atoms with Crippen molar-refractivity contribution in [1.29, 1.82) is 0 Å². The number of phenolic OH excluding ortho intramolecular Hbond substituents is 1. The number of rotatable bonds is 1. The Balaban J connectivity index is 2.20. The van der Waals surface area contributed by atoms with Gasteiger partial charge in [-0.15, -0.1) is 11.3 Å². The van der Waals surface area contributed by atoms with Gasteiger partial charge in [-0.25, -0.2) is 0 Å². The molecule has 3 rings (SSSR count). The Hall–Kier alpha value is -1.80. The second kappa shape index (κ2) is 3.90. The molecule has 0 aliphatic carbocycles. The molecule has 0 amide bonds. The lowest BCUT2D eigenvalue weighted by Gasteiger charge is -2.03. The van der Waals surface area contributed by atoms with Crippen molar-refractivity contribution in [2.24, 2.45) is 0 Å². The molecule has 1 N–H and O–H groups in total. The molecular weight excluding hydrogens is 228 g/mol. The third-order valence-corrected chi connectivity index (χ3v) is 4.01. The van der Waals surface area contributed by atoms with Crippen molar-refractivity contribution in [3.05, 3.63) is 53.4 Å². The zero-order valence-electron chi connectivity index (χ0n) is 9.47. The SMILES string of the molecule is Cc1ccsc1-c1ccc2cc(O)ccc2c1. The highest BCUT2D eigenvalue weighted by molar-refractivity contribution is 7.13. The van der Waals surface area contributed by atoms with Crippen LogP contribution >= 0.6 is 11.3 Å². The Morgan fingerprint density at radius 1 is 0.941 bits per heavy atom. The fraction of sp³-hybridized carbons (Fsp3) is 0.0667. The Morgan fingerprint density at radius 2 is 1.71 bits per heavy atom. The van der Waals surface area contributed by atoms with E-state index in [1.54, 1.807) is 23.5 Å². The third-order valence-electron chi connectivity index (χ3n) is 2.95. The molecule has 0 saturated carbocycles. The van der Waals surface area contributed by atoms with Gasteiger partial charge in [0.15, 0.2) is 0 Å². The van der Waals surface area contributed by atoms with Crippen molar-refractivity contribution >= 4 is 22.1 Å². The van der Waals surface area contributed by atoms with E-state index in [2.05, 4.69) is 36.6 Å². The summed E-state index contributed by atoms with van der Waals surface area (Å²) in [6.45, 7) is 2.13. The van der Waals surface area contributed by atoms with E-state index in [1.807, 2.05) is 6.07 Å². The second-order valence-electron chi connectivity index (χ2n) is 4.18. The highest BCUT2D eigenvalue weighted by atomic mass is 32.1. The van der Waals surface area contributed by atoms with Crippen LogP contribution < -0.4 is 0 Å². The van der Waals surface area contributed by atoms with Gasteiger partial charge in [0.25, 0.3) is 0 Å². The molecule has 0 spiro atoms. The average Bonchev–Trinajstić information content (AvgIpc) is 2.75. The van der Waals surface area contributed by atoms with E-state index in [1.165, 1.54) is 16.0 Å². The maximum absolute atomic E-state index is 9.43. The highest BCUT2D eigenvalue weighted by Crippen LogP contribution is 2.31. The first-order chi connectivity index (χ1) is 8.24. The zero-order valence-corrected chi connectivity index (χ0v) is 10.3. The first-order valence-electron chi connectivity index (χ1n) is 5.51. The monoisotopic (exact) mass is 240 g/mol. The molecule has 1 heterocycles. The van der Waals surface area contributed by atoms with Crippen molar-refractivity contribution < 1.29 is 5.11 Å². The third kappa shape index (κ3) is 1.81. The Labute approximate surface area is 104 Å². The van der Waals surface area contributed by atoms with Crippen LogP contribution in [0.25, 0.3) is 21.2 Å². The van der Waals surface area contributed by atoms with Crippen LogP contribution in [0.1, 0.15) is 5.56 Å². The molecule has 0 aliphatic heterocycles. The van der Waals surface area contributed by atoms with Crippen LogP contribution in [0.15, 0.2) is 47.8 Å². The van der Waals surface area contributed by atoms with Crippen molar-refractivity contribution in [2.75, 3.05) is 0 Å². The predicted molar refractivity (Wildman–Crippen MR) is 73.7 cm³/mol. The van der Waals surface area contributed by atoms with Gasteiger partial charge in [-0.1, -0.05) is 18.2 Å². The molecule has 0 saturated heterocycles. The fourth-order valence-electron chi connectivity index (χ4n) is 2.04. The van der Waals surface area contributed by atoms with Gasteiger partial charge in [-0.05, 0) is 58.5 Å². The van der Waals surface area contributed by atoms with Crippen LogP contribution in [-0.2, 0) is 0 Å². The molecule has 0 atom stereocenters. The zero-order chi connectivity index (χ0) is 11.8. The molecule has 0 fully saturated rings. The van der Waals surface area contributed by atoms with Crippen LogP contribution in [0.2, 0.25) is 0 Å².